The molecule has 14 nitrogen and oxygen atoms in total. The van der Waals surface area contributed by atoms with Crippen LogP contribution in [0.1, 0.15) is 88.9 Å². The third kappa shape index (κ3) is 33.6. The molecule has 4 atom stereocenters. The van der Waals surface area contributed by atoms with E-state index >= 15 is 0 Å². The van der Waals surface area contributed by atoms with Gasteiger partial charge < -0.3 is 67.1 Å². The van der Waals surface area contributed by atoms with E-state index < -0.39 is 205 Å². The van der Waals surface area contributed by atoms with E-state index in [2.05, 4.69) is 124 Å². The van der Waals surface area contributed by atoms with Crippen molar-refractivity contribution in [3.05, 3.63) is 298 Å². The standard InChI is InChI=1S/C39H32F12O7.C21H16F12O3.2C8H10.2C7H8F6O2.C7H8.C2H6/c40-36(41,42)34(37(43,44)45,25-5-13-30(14-6-25)55-19-32-21-57-32)23-1-9-28(10-2-23)53-17-27(52)18-54-29-11-3-24(4-12-29)35(38(46,47)48,39(49,50)51)26-7-15-31(16-8-26)56-20-33-22-58-33;22-18(23,24)16(19(25,26)27,13-7-3-1-4-8-13)35-11-15(34)12-36-17(20(28,29)30,21(31,32)33)14-9-5-2-6-10-14;1-7-3-5-8(2)6-4-7;1-7-4-3-5-8(2)6-7;2*1-5(6(8,9)10,7(11,12)13)15-3-4-2-14-4;1-7-5-3-2-4-6-7;1-2/h1-16,27,32-33,52H,17-22H2;1-10,15,34H,11-12H2;2*3-6H,1-2H3;2*4H,2-3H2,1H3;2-6H,1H3;1-2H3. The van der Waals surface area contributed by atoms with Gasteiger partial charge >= 0.3 is 74.1 Å². The van der Waals surface area contributed by atoms with Gasteiger partial charge in [0.25, 0.3) is 22.4 Å². The average Bonchev–Trinajstić information content (AvgIpc) is 1.53. The van der Waals surface area contributed by atoms with Crippen LogP contribution in [0.5, 0.6) is 23.0 Å². The number of alkyl halides is 36. The van der Waals surface area contributed by atoms with Gasteiger partial charge in [0.15, 0.2) is 0 Å². The summed E-state index contributed by atoms with van der Waals surface area (Å²) in [5.41, 5.74) is -28.2. The zero-order valence-corrected chi connectivity index (χ0v) is 79.4. The topological polar surface area (TPSA) is 164 Å². The van der Waals surface area contributed by atoms with Crippen molar-refractivity contribution in [2.24, 2.45) is 0 Å². The highest BCUT2D eigenvalue weighted by Gasteiger charge is 2.78. The molecule has 0 radical (unpaired) electrons. The summed E-state index contributed by atoms with van der Waals surface area (Å²) >= 11 is 0. The number of hydrogen-bond donors (Lipinski definition) is 2. The number of epoxide rings is 4. The van der Waals surface area contributed by atoms with Crippen LogP contribution in [-0.4, -0.2) is 211 Å². The Kier molecular flexibility index (Phi) is 43.6. The summed E-state index contributed by atoms with van der Waals surface area (Å²) in [5.74, 6) is -0.420. The molecule has 2 N–H and O–H groups in total. The van der Waals surface area contributed by atoms with E-state index in [9.17, 15) is 168 Å². The van der Waals surface area contributed by atoms with Gasteiger partial charge in [0.2, 0.25) is 10.8 Å². The van der Waals surface area contributed by atoms with Gasteiger partial charge in [-0.25, -0.2) is 0 Å². The predicted octanol–water partition coefficient (Wildman–Crippen LogP) is 27.5. The second-order valence-corrected chi connectivity index (χ2v) is 33.3. The molecule has 9 aromatic rings. The number of benzene rings is 9. The lowest BCUT2D eigenvalue weighted by atomic mass is 9.73. The first-order valence-electron chi connectivity index (χ1n) is 43.9. The molecule has 13 rings (SSSR count). The van der Waals surface area contributed by atoms with Gasteiger partial charge in [0.1, 0.15) is 86.0 Å². The van der Waals surface area contributed by atoms with E-state index in [1.807, 2.05) is 32.0 Å². The van der Waals surface area contributed by atoms with Crippen LogP contribution in [0.15, 0.2) is 237 Å². The van der Waals surface area contributed by atoms with Crippen LogP contribution in [0.2, 0.25) is 0 Å². The van der Waals surface area contributed by atoms with Crippen molar-refractivity contribution in [2.75, 3.05) is 79.3 Å². The predicted molar refractivity (Wildman–Crippen MR) is 464 cm³/mol. The van der Waals surface area contributed by atoms with Crippen molar-refractivity contribution in [1.82, 2.24) is 0 Å². The van der Waals surface area contributed by atoms with E-state index in [1.165, 1.54) is 27.8 Å². The first-order valence-corrected chi connectivity index (χ1v) is 43.9. The van der Waals surface area contributed by atoms with Gasteiger partial charge in [-0.2, -0.15) is 158 Å². The van der Waals surface area contributed by atoms with Crippen LogP contribution < -0.4 is 18.9 Å². The Morgan fingerprint density at radius 1 is 0.235 bits per heavy atom. The van der Waals surface area contributed by atoms with E-state index in [0.717, 1.165) is 84.9 Å². The molecule has 50 heteroatoms. The molecule has 0 aliphatic carbocycles. The number of aliphatic hydroxyl groups is 2. The number of rotatable bonds is 30. The average molecular weight is 2200 g/mol. The fourth-order valence-electron chi connectivity index (χ4n) is 13.1. The third-order valence-electron chi connectivity index (χ3n) is 21.8. The molecule has 149 heavy (non-hydrogen) atoms. The maximum atomic E-state index is 14.6. The molecule has 4 aliphatic heterocycles. The molecule has 4 unspecified atom stereocenters. The minimum Gasteiger partial charge on any atom is -0.491 e. The Morgan fingerprint density at radius 3 is 0.638 bits per heavy atom. The van der Waals surface area contributed by atoms with Crippen molar-refractivity contribution < 1.29 is 225 Å². The quantitative estimate of drug-likeness (QED) is 0.0323. The largest absolute Gasteiger partial charge is 0.491 e. The maximum absolute atomic E-state index is 14.6. The fourth-order valence-corrected chi connectivity index (χ4v) is 13.1. The maximum Gasteiger partial charge on any atom is 0.430 e. The molecular weight excluding hydrogens is 2100 g/mol. The van der Waals surface area contributed by atoms with Crippen LogP contribution in [0.25, 0.3) is 0 Å². The van der Waals surface area contributed by atoms with E-state index in [4.69, 9.17) is 28.4 Å². The van der Waals surface area contributed by atoms with Crippen LogP contribution in [0, 0.1) is 34.6 Å². The molecule has 0 bridgehead atoms. The summed E-state index contributed by atoms with van der Waals surface area (Å²) in [6, 6.07) is 46.5. The minimum absolute atomic E-state index is 0.0324. The summed E-state index contributed by atoms with van der Waals surface area (Å²) in [5, 5.41) is 20.2. The number of halogens is 36. The Hall–Kier alpha value is -10.7. The van der Waals surface area contributed by atoms with Crippen LogP contribution in [-0.2, 0) is 59.9 Å². The molecule has 0 saturated carbocycles. The smallest absolute Gasteiger partial charge is 0.430 e. The van der Waals surface area contributed by atoms with Crippen LogP contribution in [0.3, 0.4) is 0 Å². The summed E-state index contributed by atoms with van der Waals surface area (Å²) < 4.78 is 541. The number of hydrogen-bond acceptors (Lipinski definition) is 14. The molecule has 4 saturated heterocycles. The van der Waals surface area contributed by atoms with Gasteiger partial charge in [-0.1, -0.05) is 230 Å². The first-order chi connectivity index (χ1) is 68.6. The molecule has 4 aliphatic rings. The zero-order valence-electron chi connectivity index (χ0n) is 79.4. The summed E-state index contributed by atoms with van der Waals surface area (Å²) in [6.45, 7) is 8.99. The second-order valence-electron chi connectivity index (χ2n) is 33.3. The van der Waals surface area contributed by atoms with Crippen molar-refractivity contribution in [2.45, 2.75) is 206 Å². The van der Waals surface area contributed by atoms with Crippen molar-refractivity contribution >= 4 is 0 Å². The fraction of sp³-hybridized carbons (Fsp3) is 0.455. The number of aliphatic hydroxyl groups excluding tert-OH is 2. The first kappa shape index (κ1) is 127. The summed E-state index contributed by atoms with van der Waals surface area (Å²) in [7, 11) is 0. The van der Waals surface area contributed by atoms with Gasteiger partial charge in [-0.3, -0.25) is 0 Å². The Morgan fingerprint density at radius 2 is 0.443 bits per heavy atom. The van der Waals surface area contributed by atoms with Crippen LogP contribution >= 0.6 is 0 Å². The SMILES string of the molecule is CC.CC(OCC1CO1)(C(F)(F)F)C(F)(F)F.CC(OCC1CO1)(C(F)(F)F)C(F)(F)F.Cc1ccc(C)cc1.Cc1cccc(C)c1.Cc1ccccc1.OC(COC(c1ccccc1)(C(F)(F)F)C(F)(F)F)COC(c1ccccc1)(C(F)(F)F)C(F)(F)F.OC(COc1ccc(C(c2ccc(OCC3CO3)cc2)(C(F)(F)F)C(F)(F)F)cc1)COc1ccc(C(c2ccc(OCC3CO3)cc2)(C(F)(F)F)C(F)(F)F)cc1. The zero-order chi connectivity index (χ0) is 113. The highest BCUT2D eigenvalue weighted by atomic mass is 19.5. The monoisotopic (exact) mass is 2190 g/mol. The molecule has 830 valence electrons. The van der Waals surface area contributed by atoms with Gasteiger partial charge in [-0.15, -0.1) is 0 Å². The molecule has 0 spiro atoms. The lowest BCUT2D eigenvalue weighted by molar-refractivity contribution is -0.400. The van der Waals surface area contributed by atoms with Gasteiger partial charge in [0.05, 0.1) is 52.9 Å². The summed E-state index contributed by atoms with van der Waals surface area (Å²) in [4.78, 5) is 0. The van der Waals surface area contributed by atoms with E-state index in [1.54, 1.807) is 0 Å². The highest BCUT2D eigenvalue weighted by Crippen LogP contribution is 2.61. The Bertz CT molecular complexity index is 5030. The van der Waals surface area contributed by atoms with Crippen molar-refractivity contribution in [3.63, 3.8) is 0 Å². The highest BCUT2D eigenvalue weighted by molar-refractivity contribution is 5.49. The van der Waals surface area contributed by atoms with Crippen LogP contribution in [0.4, 0.5) is 158 Å². The molecule has 0 amide bonds. The Labute approximate surface area is 828 Å². The van der Waals surface area contributed by atoms with E-state index in [0.29, 0.717) is 86.0 Å². The lowest BCUT2D eigenvalue weighted by Crippen LogP contribution is -2.58. The molecular formula is C99H98F36O14. The third-order valence-corrected chi connectivity index (χ3v) is 21.8. The van der Waals surface area contributed by atoms with Crippen molar-refractivity contribution in [1.29, 1.82) is 0 Å². The van der Waals surface area contributed by atoms with Gasteiger partial charge in [-0.05, 0) is 119 Å². The minimum atomic E-state index is -6.20. The van der Waals surface area contributed by atoms with Gasteiger partial charge in [0, 0.05) is 11.1 Å². The normalized spacial score (nSPS) is 16.6. The molecule has 0 aromatic heterocycles. The molecule has 4 fully saturated rings. The number of ether oxygens (including phenoxy) is 12. The second kappa shape index (κ2) is 51.1. The lowest BCUT2D eigenvalue weighted by Gasteiger charge is -2.39. The van der Waals surface area contributed by atoms with E-state index in [-0.39, 0.29) is 75.5 Å². The molecule has 4 heterocycles. The van der Waals surface area contributed by atoms with Crippen molar-refractivity contribution in [3.8, 4) is 23.0 Å². The molecule has 9 aromatic carbocycles. The Balaban J connectivity index is 0.000000311. The summed E-state index contributed by atoms with van der Waals surface area (Å²) in [6.07, 6.45) is -76.3. The number of aryl methyl sites for hydroxylation is 5.